The van der Waals surface area contributed by atoms with Crippen LogP contribution in [0.3, 0.4) is 0 Å². The standard InChI is InChI=1S/C23H24BrClN2O3.C22H22BrClN2O3.C20H20BrClN2O/c1-3-30-23(29)27-10-8-14(9-11-27)20-17-7-5-16(25)12-15(17)4-6-18-21(20)26(2)13-19(24)22(18)28;1-2-29-22(28)26-9-7-13(8-10-26)19-16-6-4-15(24)11-14(16)3-5-17-20(19)25-12-18(23)21(17)27;1-24-11-17(21)20(25)16-4-2-13-10-14(22)3-5-15(13)18(19(16)24)12-6-8-23-9-7-12/h5,7,12-13H,3-4,6,8-11H2,1-2H3;4,6,11-12H,2-3,5,7-10H2,1H3,(H,25,27);3,5,10-11,23H,2,4,6-9H2,1H3. The van der Waals surface area contributed by atoms with Crippen molar-refractivity contribution in [3.05, 3.63) is 216 Å². The Morgan fingerprint density at radius 1 is 0.500 bits per heavy atom. The van der Waals surface area contributed by atoms with Crippen LogP contribution in [0, 0.1) is 0 Å². The number of fused-ring (bicyclic) bond motifs is 6. The number of ether oxygens (including phenoxy) is 2. The fraction of sp³-hybridized carbons (Fsp3) is 0.369. The SMILES string of the molecule is CCOC(=O)N1CCC(=C2c3ccc(Cl)cc3CCc3c2[nH]cc(Br)c3=O)CC1.CCOC(=O)N1CCC(=C2c3ccc(Cl)cc3CCc3c2n(C)cc(Br)c3=O)CC1.Cn1cc(Br)c(=O)c2c1C(=C1CCNCC1)c1ccc(Cl)cc1CC2. The number of piperidine rings is 3. The number of nitrogens with zero attached hydrogens (tertiary/aromatic N) is 4. The lowest BCUT2D eigenvalue weighted by atomic mass is 9.88. The lowest BCUT2D eigenvalue weighted by Crippen LogP contribution is -2.37. The average molecular weight is 1390 g/mol. The number of aryl methyl sites for hydroxylation is 5. The predicted octanol–water partition coefficient (Wildman–Crippen LogP) is 14.0. The van der Waals surface area contributed by atoms with E-state index in [2.05, 4.69) is 80.9 Å². The van der Waals surface area contributed by atoms with Gasteiger partial charge in [-0.2, -0.15) is 0 Å². The molecule has 3 aromatic heterocycles. The summed E-state index contributed by atoms with van der Waals surface area (Å²) in [4.78, 5) is 69.7. The normalized spacial score (nSPS) is 16.4. The zero-order valence-electron chi connectivity index (χ0n) is 47.5. The molecule has 0 spiro atoms. The summed E-state index contributed by atoms with van der Waals surface area (Å²) in [6.45, 7) is 8.80. The summed E-state index contributed by atoms with van der Waals surface area (Å²) in [6, 6.07) is 18.1. The second-order valence-electron chi connectivity index (χ2n) is 21.8. The summed E-state index contributed by atoms with van der Waals surface area (Å²) in [7, 11) is 4.02. The molecule has 440 valence electrons. The van der Waals surface area contributed by atoms with E-state index in [4.69, 9.17) is 44.3 Å². The van der Waals surface area contributed by atoms with Crippen LogP contribution in [0.1, 0.15) is 120 Å². The second-order valence-corrected chi connectivity index (χ2v) is 25.6. The minimum Gasteiger partial charge on any atom is -0.450 e. The van der Waals surface area contributed by atoms with Crippen LogP contribution in [-0.4, -0.2) is 88.6 Å². The molecule has 0 atom stereocenters. The van der Waals surface area contributed by atoms with Gasteiger partial charge >= 0.3 is 12.2 Å². The number of H-pyrrole nitrogens is 1. The summed E-state index contributed by atoms with van der Waals surface area (Å²) in [5, 5.41) is 5.59. The maximum absolute atomic E-state index is 13.0. The molecule has 6 aromatic rings. The van der Waals surface area contributed by atoms with E-state index in [-0.39, 0.29) is 28.5 Å². The van der Waals surface area contributed by atoms with Crippen LogP contribution in [-0.2, 0) is 62.1 Å². The molecule has 2 amide bonds. The first kappa shape index (κ1) is 61.6. The van der Waals surface area contributed by atoms with Gasteiger partial charge in [-0.05, 0) is 222 Å². The summed E-state index contributed by atoms with van der Waals surface area (Å²) in [5.41, 5.74) is 20.1. The maximum atomic E-state index is 13.0. The number of aromatic amines is 1. The summed E-state index contributed by atoms with van der Waals surface area (Å²) in [5.74, 6) is 0. The van der Waals surface area contributed by atoms with Gasteiger partial charge in [-0.1, -0.05) is 69.7 Å². The third-order valence-corrected chi connectivity index (χ3v) is 19.2. The molecule has 19 heteroatoms. The number of hydrogen-bond acceptors (Lipinski definition) is 8. The molecule has 2 N–H and O–H groups in total. The highest BCUT2D eigenvalue weighted by molar-refractivity contribution is 9.11. The Morgan fingerprint density at radius 2 is 0.869 bits per heavy atom. The maximum Gasteiger partial charge on any atom is 0.409 e. The van der Waals surface area contributed by atoms with Crippen LogP contribution in [0.2, 0.25) is 15.1 Å². The van der Waals surface area contributed by atoms with Crippen molar-refractivity contribution in [1.29, 1.82) is 0 Å². The van der Waals surface area contributed by atoms with E-state index in [1.54, 1.807) is 16.0 Å². The molecule has 3 fully saturated rings. The molecule has 0 bridgehead atoms. The highest BCUT2D eigenvalue weighted by Gasteiger charge is 2.32. The number of carbonyl (C=O) groups excluding carboxylic acids is 2. The van der Waals surface area contributed by atoms with Crippen molar-refractivity contribution in [2.45, 2.75) is 90.9 Å². The van der Waals surface area contributed by atoms with Crippen molar-refractivity contribution in [3.8, 4) is 0 Å². The number of halogens is 6. The zero-order chi connectivity index (χ0) is 59.5. The first-order valence-corrected chi connectivity index (χ1v) is 32.2. The Hall–Kier alpha value is -5.46. The fourth-order valence-electron chi connectivity index (χ4n) is 12.8. The second kappa shape index (κ2) is 27.1. The number of nitrogens with one attached hydrogen (secondary N) is 2. The van der Waals surface area contributed by atoms with Gasteiger partial charge in [0, 0.05) is 107 Å². The third kappa shape index (κ3) is 13.0. The minimum atomic E-state index is -0.262. The van der Waals surface area contributed by atoms with Gasteiger partial charge in [0.2, 0.25) is 0 Å². The monoisotopic (exact) mass is 1380 g/mol. The van der Waals surface area contributed by atoms with Crippen LogP contribution in [0.4, 0.5) is 9.59 Å². The van der Waals surface area contributed by atoms with Crippen molar-refractivity contribution in [1.82, 2.24) is 29.2 Å². The summed E-state index contributed by atoms with van der Waals surface area (Å²) >= 11 is 29.0. The smallest absolute Gasteiger partial charge is 0.409 e. The van der Waals surface area contributed by atoms with Crippen molar-refractivity contribution in [2.75, 3.05) is 52.5 Å². The van der Waals surface area contributed by atoms with Crippen LogP contribution >= 0.6 is 82.6 Å². The van der Waals surface area contributed by atoms with Crippen molar-refractivity contribution in [3.63, 3.8) is 0 Å². The first-order chi connectivity index (χ1) is 40.5. The molecule has 6 heterocycles. The molecule has 6 aliphatic rings. The van der Waals surface area contributed by atoms with Gasteiger partial charge in [0.15, 0.2) is 16.3 Å². The van der Waals surface area contributed by atoms with E-state index in [1.165, 1.54) is 33.4 Å². The van der Waals surface area contributed by atoms with Gasteiger partial charge < -0.3 is 38.7 Å². The topological polar surface area (TPSA) is 148 Å². The highest BCUT2D eigenvalue weighted by atomic mass is 79.9. The molecule has 0 saturated carbocycles. The summed E-state index contributed by atoms with van der Waals surface area (Å²) < 4.78 is 16.2. The molecule has 0 unspecified atom stereocenters. The van der Waals surface area contributed by atoms with Gasteiger partial charge in [-0.15, -0.1) is 0 Å². The third-order valence-electron chi connectivity index (χ3n) is 16.7. The number of pyridine rings is 3. The van der Waals surface area contributed by atoms with Gasteiger partial charge in [-0.3, -0.25) is 14.4 Å². The Morgan fingerprint density at radius 3 is 1.29 bits per heavy atom. The number of carbonyl (C=O) groups is 2. The molecule has 0 radical (unpaired) electrons. The number of amides is 2. The molecular formula is C65H66Br3Cl3N6O7. The Labute approximate surface area is 529 Å². The number of likely N-dealkylation sites (tertiary alicyclic amines) is 2. The Balaban J connectivity index is 0.000000141. The van der Waals surface area contributed by atoms with Gasteiger partial charge in [0.05, 0.1) is 43.7 Å². The van der Waals surface area contributed by atoms with Gasteiger partial charge in [0.1, 0.15) is 0 Å². The Bertz CT molecular complexity index is 3880. The minimum absolute atomic E-state index is 0.0275. The molecule has 13 nitrogen and oxygen atoms in total. The molecule has 3 saturated heterocycles. The van der Waals surface area contributed by atoms with E-state index in [0.29, 0.717) is 75.7 Å². The van der Waals surface area contributed by atoms with E-state index in [9.17, 15) is 24.0 Å². The predicted molar refractivity (Wildman–Crippen MR) is 346 cm³/mol. The quantitative estimate of drug-likeness (QED) is 0.174. The van der Waals surface area contributed by atoms with E-state index in [1.807, 2.05) is 81.3 Å². The van der Waals surface area contributed by atoms with Crippen molar-refractivity contribution < 1.29 is 19.1 Å². The molecule has 3 aromatic carbocycles. The van der Waals surface area contributed by atoms with Crippen LogP contribution < -0.4 is 21.6 Å². The number of hydrogen-bond donors (Lipinski definition) is 2. The van der Waals surface area contributed by atoms with Crippen molar-refractivity contribution >= 4 is 111 Å². The Kier molecular flexibility index (Phi) is 19.9. The first-order valence-electron chi connectivity index (χ1n) is 28.7. The van der Waals surface area contributed by atoms with E-state index in [0.717, 1.165) is 149 Å². The molecule has 84 heavy (non-hydrogen) atoms. The molecule has 12 rings (SSSR count). The van der Waals surface area contributed by atoms with E-state index < -0.39 is 0 Å². The fourth-order valence-corrected chi connectivity index (χ4v) is 14.8. The molecule has 3 aliphatic heterocycles. The van der Waals surface area contributed by atoms with Gasteiger partial charge in [-0.25, -0.2) is 9.59 Å². The lowest BCUT2D eigenvalue weighted by molar-refractivity contribution is 0.103. The van der Waals surface area contributed by atoms with Gasteiger partial charge in [0.25, 0.3) is 0 Å². The van der Waals surface area contributed by atoms with Crippen LogP contribution in [0.25, 0.3) is 16.7 Å². The highest BCUT2D eigenvalue weighted by Crippen LogP contribution is 2.42. The van der Waals surface area contributed by atoms with Crippen LogP contribution in [0.5, 0.6) is 0 Å². The molecule has 3 aliphatic carbocycles. The van der Waals surface area contributed by atoms with Crippen LogP contribution in [0.15, 0.2) is 118 Å². The summed E-state index contributed by atoms with van der Waals surface area (Å²) in [6.07, 6.45) is 14.4. The number of benzene rings is 3. The van der Waals surface area contributed by atoms with E-state index >= 15 is 0 Å². The lowest BCUT2D eigenvalue weighted by Gasteiger charge is -2.30. The van der Waals surface area contributed by atoms with Crippen molar-refractivity contribution in [2.24, 2.45) is 14.1 Å². The zero-order valence-corrected chi connectivity index (χ0v) is 54.5. The largest absolute Gasteiger partial charge is 0.450 e. The number of aromatic nitrogens is 3. The molecular weight excluding hydrogens is 1320 g/mol. The number of rotatable bonds is 2. The average Bonchev–Trinajstić information content (AvgIpc) is 3.32.